The quantitative estimate of drug-likeness (QED) is 0.175. The van der Waals surface area contributed by atoms with Crippen molar-refractivity contribution >= 4 is 33.6 Å². The number of rotatable bonds is 4. The monoisotopic (exact) mass is 686 g/mol. The molecule has 0 fully saturated rings. The standard InChI is InChI=1S/C51H46N2/c1-51(2)44-23-11-8-19-38(44)42-32-35(28-29-45(42)51)53-46-24-12-9-20-39(46)43-31-33(27-30-48(43)53)36-17-6-7-18-37(36)40-22-14-26-49-50(40)41-21-10-13-25-47(41)52(49)34-15-4-3-5-16-34/h4,6-8,10-11,13-19,21-23,25-26,28-29,31-32,36-37H,3,5,9,12,20,24,27,30H2,1-2H3. The van der Waals surface area contributed by atoms with Crippen molar-refractivity contribution in [1.29, 1.82) is 0 Å². The van der Waals surface area contributed by atoms with Crippen LogP contribution in [0.5, 0.6) is 0 Å². The van der Waals surface area contributed by atoms with Gasteiger partial charge in [0.15, 0.2) is 0 Å². The predicted octanol–water partition coefficient (Wildman–Crippen LogP) is 12.8. The number of hydrogen-bond acceptors (Lipinski definition) is 0. The van der Waals surface area contributed by atoms with Gasteiger partial charge in [0.2, 0.25) is 0 Å². The molecule has 5 aliphatic rings. The number of para-hydroxylation sites is 1. The summed E-state index contributed by atoms with van der Waals surface area (Å²) in [5.41, 5.74) is 20.2. The number of nitrogens with zero attached hydrogens (tertiary/aromatic N) is 2. The molecular weight excluding hydrogens is 641 g/mol. The molecule has 5 aliphatic carbocycles. The molecule has 0 saturated carbocycles. The van der Waals surface area contributed by atoms with Gasteiger partial charge in [-0.05, 0) is 121 Å². The summed E-state index contributed by atoms with van der Waals surface area (Å²) in [6.07, 6.45) is 28.5. The molecule has 260 valence electrons. The van der Waals surface area contributed by atoms with Crippen LogP contribution < -0.4 is 0 Å². The normalized spacial score (nSPS) is 20.9. The Bertz CT molecular complexity index is 2660. The highest BCUT2D eigenvalue weighted by Gasteiger charge is 2.36. The zero-order valence-electron chi connectivity index (χ0n) is 30.9. The van der Waals surface area contributed by atoms with Crippen LogP contribution in [0.2, 0.25) is 0 Å². The maximum absolute atomic E-state index is 2.70. The lowest BCUT2D eigenvalue weighted by Gasteiger charge is -2.30. The van der Waals surface area contributed by atoms with Crippen LogP contribution in [0.4, 0.5) is 0 Å². The molecule has 11 rings (SSSR count). The van der Waals surface area contributed by atoms with Crippen LogP contribution in [0.1, 0.15) is 91.1 Å². The van der Waals surface area contributed by atoms with Crippen molar-refractivity contribution in [2.75, 3.05) is 0 Å². The lowest BCUT2D eigenvalue weighted by atomic mass is 9.74. The average molecular weight is 687 g/mol. The lowest BCUT2D eigenvalue weighted by Crippen LogP contribution is -2.17. The Hall–Kier alpha value is -5.34. The largest absolute Gasteiger partial charge is 0.317 e. The molecule has 0 saturated heterocycles. The Balaban J connectivity index is 1.04. The molecule has 2 aromatic heterocycles. The van der Waals surface area contributed by atoms with Gasteiger partial charge in [0.05, 0.1) is 11.0 Å². The topological polar surface area (TPSA) is 9.86 Å². The second kappa shape index (κ2) is 11.8. The van der Waals surface area contributed by atoms with Gasteiger partial charge in [0, 0.05) is 50.8 Å². The first kappa shape index (κ1) is 31.2. The Kier molecular flexibility index (Phi) is 6.97. The fraction of sp³-hybridized carbons (Fsp3) is 0.255. The van der Waals surface area contributed by atoms with Gasteiger partial charge in [-0.3, -0.25) is 0 Å². The smallest absolute Gasteiger partial charge is 0.0543 e. The van der Waals surface area contributed by atoms with Crippen LogP contribution in [-0.4, -0.2) is 9.13 Å². The number of fused-ring (bicyclic) bond motifs is 9. The third-order valence-corrected chi connectivity index (χ3v) is 13.3. The van der Waals surface area contributed by atoms with Crippen LogP contribution in [0.25, 0.3) is 50.4 Å². The summed E-state index contributed by atoms with van der Waals surface area (Å²) in [7, 11) is 0. The van der Waals surface area contributed by atoms with Crippen LogP contribution in [-0.2, 0) is 24.7 Å². The molecule has 2 heterocycles. The maximum Gasteiger partial charge on any atom is 0.0543 e. The van der Waals surface area contributed by atoms with E-state index in [0.29, 0.717) is 5.92 Å². The van der Waals surface area contributed by atoms with Gasteiger partial charge < -0.3 is 9.13 Å². The van der Waals surface area contributed by atoms with E-state index in [1.54, 1.807) is 16.8 Å². The second-order valence-electron chi connectivity index (χ2n) is 16.5. The average Bonchev–Trinajstić information content (AvgIpc) is 3.81. The van der Waals surface area contributed by atoms with E-state index in [4.69, 9.17) is 0 Å². The summed E-state index contributed by atoms with van der Waals surface area (Å²) in [6, 6.07) is 32.5. The lowest BCUT2D eigenvalue weighted by molar-refractivity contribution is 0.629. The molecule has 0 N–H and O–H groups in total. The fourth-order valence-electron chi connectivity index (χ4n) is 10.9. The van der Waals surface area contributed by atoms with E-state index in [-0.39, 0.29) is 11.3 Å². The summed E-state index contributed by atoms with van der Waals surface area (Å²) in [5.74, 6) is 0.612. The molecule has 0 bridgehead atoms. The highest BCUT2D eigenvalue weighted by Crippen LogP contribution is 2.50. The Morgan fingerprint density at radius 1 is 0.660 bits per heavy atom. The zero-order valence-corrected chi connectivity index (χ0v) is 30.9. The fourth-order valence-corrected chi connectivity index (χ4v) is 10.9. The molecule has 4 aromatic carbocycles. The van der Waals surface area contributed by atoms with Crippen molar-refractivity contribution in [3.8, 4) is 16.8 Å². The first-order chi connectivity index (χ1) is 26.1. The number of allylic oxidation sites excluding steroid dienone is 9. The molecule has 2 nitrogen and oxygen atoms in total. The minimum atomic E-state index is 0.0274. The minimum Gasteiger partial charge on any atom is -0.317 e. The first-order valence-corrected chi connectivity index (χ1v) is 20.0. The van der Waals surface area contributed by atoms with E-state index >= 15 is 0 Å². The van der Waals surface area contributed by atoms with Crippen LogP contribution in [0, 0.1) is 5.92 Å². The van der Waals surface area contributed by atoms with E-state index in [1.165, 1.54) is 91.5 Å². The van der Waals surface area contributed by atoms with Gasteiger partial charge in [-0.1, -0.05) is 123 Å². The zero-order chi connectivity index (χ0) is 35.3. The molecule has 2 heteroatoms. The minimum absolute atomic E-state index is 0.0274. The van der Waals surface area contributed by atoms with E-state index in [0.717, 1.165) is 32.1 Å². The van der Waals surface area contributed by atoms with Gasteiger partial charge in [-0.15, -0.1) is 0 Å². The molecule has 0 spiro atoms. The Morgan fingerprint density at radius 2 is 1.47 bits per heavy atom. The van der Waals surface area contributed by atoms with Gasteiger partial charge in [-0.2, -0.15) is 0 Å². The van der Waals surface area contributed by atoms with Crippen molar-refractivity contribution in [1.82, 2.24) is 9.13 Å². The molecule has 0 radical (unpaired) electrons. The van der Waals surface area contributed by atoms with Crippen molar-refractivity contribution in [3.05, 3.63) is 172 Å². The van der Waals surface area contributed by atoms with Gasteiger partial charge >= 0.3 is 0 Å². The molecule has 2 atom stereocenters. The molecule has 2 unspecified atom stereocenters. The molecular formula is C51H46N2. The Morgan fingerprint density at radius 3 is 2.38 bits per heavy atom. The first-order valence-electron chi connectivity index (χ1n) is 20.0. The summed E-state index contributed by atoms with van der Waals surface area (Å²) in [5, 5.41) is 2.76. The number of aromatic nitrogens is 2. The van der Waals surface area contributed by atoms with E-state index in [2.05, 4.69) is 157 Å². The third kappa shape index (κ3) is 4.57. The summed E-state index contributed by atoms with van der Waals surface area (Å²) in [4.78, 5) is 0. The van der Waals surface area contributed by atoms with Crippen LogP contribution in [0.15, 0.2) is 133 Å². The van der Waals surface area contributed by atoms with Crippen LogP contribution >= 0.6 is 0 Å². The SMILES string of the molecule is CC1(C)c2ccccc2-c2cc(-n3c4c(c5c3CCCC5)C=C(C3C=CC=CC3c3cccc5c3c3ccccc3n5C3=CCCC=C3)CC4)ccc21. The van der Waals surface area contributed by atoms with Crippen LogP contribution in [0.3, 0.4) is 0 Å². The summed E-state index contributed by atoms with van der Waals surface area (Å²) in [6.45, 7) is 4.77. The summed E-state index contributed by atoms with van der Waals surface area (Å²) >= 11 is 0. The highest BCUT2D eigenvalue weighted by atomic mass is 15.0. The van der Waals surface area contributed by atoms with Crippen molar-refractivity contribution < 1.29 is 0 Å². The molecule has 0 aliphatic heterocycles. The van der Waals surface area contributed by atoms with Gasteiger partial charge in [-0.25, -0.2) is 0 Å². The highest BCUT2D eigenvalue weighted by molar-refractivity contribution is 6.12. The summed E-state index contributed by atoms with van der Waals surface area (Å²) < 4.78 is 5.20. The van der Waals surface area contributed by atoms with Gasteiger partial charge in [0.25, 0.3) is 0 Å². The van der Waals surface area contributed by atoms with E-state index in [1.807, 2.05) is 0 Å². The van der Waals surface area contributed by atoms with Crippen molar-refractivity contribution in [2.45, 2.75) is 76.5 Å². The maximum atomic E-state index is 2.70. The van der Waals surface area contributed by atoms with Crippen molar-refractivity contribution in [3.63, 3.8) is 0 Å². The van der Waals surface area contributed by atoms with Gasteiger partial charge in [0.1, 0.15) is 0 Å². The van der Waals surface area contributed by atoms with Crippen molar-refractivity contribution in [2.24, 2.45) is 5.92 Å². The number of benzene rings is 4. The molecule has 6 aromatic rings. The third-order valence-electron chi connectivity index (χ3n) is 13.3. The van der Waals surface area contributed by atoms with E-state index < -0.39 is 0 Å². The molecule has 53 heavy (non-hydrogen) atoms. The second-order valence-corrected chi connectivity index (χ2v) is 16.5. The molecule has 0 amide bonds. The predicted molar refractivity (Wildman–Crippen MR) is 223 cm³/mol. The Labute approximate surface area is 313 Å². The number of hydrogen-bond donors (Lipinski definition) is 0. The van der Waals surface area contributed by atoms with E-state index in [9.17, 15) is 0 Å².